The molecule has 33 heavy (non-hydrogen) atoms. The number of aliphatic hydroxyl groups excluding tert-OH is 1. The number of nitrogens with zero attached hydrogens (tertiary/aromatic N) is 1. The Hall–Kier alpha value is -4.22. The lowest BCUT2D eigenvalue weighted by Gasteiger charge is -2.09. The van der Waals surface area contributed by atoms with Crippen LogP contribution in [0.25, 0.3) is 5.57 Å². The second-order valence-corrected chi connectivity index (χ2v) is 7.92. The van der Waals surface area contributed by atoms with Gasteiger partial charge in [-0.1, -0.05) is 66.8 Å². The molecule has 0 fully saturated rings. The first-order valence-electron chi connectivity index (χ1n) is 10.6. The van der Waals surface area contributed by atoms with Gasteiger partial charge in [-0.3, -0.25) is 19.4 Å². The van der Waals surface area contributed by atoms with Gasteiger partial charge in [-0.25, -0.2) is 0 Å². The third kappa shape index (κ3) is 3.58. The summed E-state index contributed by atoms with van der Waals surface area (Å²) in [6.07, 6.45) is 8.96. The highest BCUT2D eigenvalue weighted by atomic mass is 16.3. The summed E-state index contributed by atoms with van der Waals surface area (Å²) in [4.78, 5) is 42.3. The topological polar surface area (TPSA) is 84.3 Å². The number of pyridine rings is 1. The molecule has 2 aromatic carbocycles. The van der Waals surface area contributed by atoms with Crippen molar-refractivity contribution >= 4 is 22.9 Å². The monoisotopic (exact) mass is 433 g/mol. The quantitative estimate of drug-likeness (QED) is 0.370. The predicted molar refractivity (Wildman–Crippen MR) is 124 cm³/mol. The van der Waals surface area contributed by atoms with Crippen molar-refractivity contribution in [1.29, 1.82) is 0 Å². The maximum atomic E-state index is 12.8. The zero-order valence-electron chi connectivity index (χ0n) is 17.5. The lowest BCUT2D eigenvalue weighted by molar-refractivity contribution is 0.0833. The van der Waals surface area contributed by atoms with Gasteiger partial charge in [0.2, 0.25) is 0 Å². The van der Waals surface area contributed by atoms with E-state index in [2.05, 4.69) is 4.98 Å². The van der Waals surface area contributed by atoms with Gasteiger partial charge < -0.3 is 5.11 Å². The van der Waals surface area contributed by atoms with Crippen molar-refractivity contribution in [3.8, 4) is 0 Å². The number of ketones is 3. The maximum absolute atomic E-state index is 12.8. The molecule has 0 spiro atoms. The van der Waals surface area contributed by atoms with E-state index in [9.17, 15) is 19.5 Å². The number of aliphatic hydroxyl groups is 1. The Morgan fingerprint density at radius 2 is 1.42 bits per heavy atom. The number of aromatic nitrogens is 1. The van der Waals surface area contributed by atoms with Crippen molar-refractivity contribution < 1.29 is 19.5 Å². The average molecular weight is 433 g/mol. The number of benzene rings is 2. The summed E-state index contributed by atoms with van der Waals surface area (Å²) in [5.74, 6) is -1.46. The van der Waals surface area contributed by atoms with Crippen LogP contribution in [0.15, 0.2) is 103 Å². The molecule has 5 rings (SSSR count). The van der Waals surface area contributed by atoms with Crippen LogP contribution in [0.3, 0.4) is 0 Å². The van der Waals surface area contributed by atoms with E-state index in [1.165, 1.54) is 6.08 Å². The molecule has 2 aliphatic carbocycles. The molecule has 2 aliphatic rings. The Labute approximate surface area is 190 Å². The van der Waals surface area contributed by atoms with E-state index in [0.29, 0.717) is 27.8 Å². The van der Waals surface area contributed by atoms with Crippen molar-refractivity contribution in [3.05, 3.63) is 131 Å². The summed E-state index contributed by atoms with van der Waals surface area (Å²) in [7, 11) is 0. The van der Waals surface area contributed by atoms with Crippen molar-refractivity contribution in [1.82, 2.24) is 4.98 Å². The number of hydrogen-bond donors (Lipinski definition) is 1. The van der Waals surface area contributed by atoms with Gasteiger partial charge in [0.1, 0.15) is 0 Å². The van der Waals surface area contributed by atoms with Crippen LogP contribution in [0, 0.1) is 5.92 Å². The Balaban J connectivity index is 1.50. The fourth-order valence-electron chi connectivity index (χ4n) is 4.28. The van der Waals surface area contributed by atoms with Crippen LogP contribution in [0.5, 0.6) is 0 Å². The zero-order valence-corrected chi connectivity index (χ0v) is 17.5. The fraction of sp³-hybridized carbons (Fsp3) is 0.0714. The van der Waals surface area contributed by atoms with E-state index in [1.807, 2.05) is 0 Å². The number of hydrogen-bond acceptors (Lipinski definition) is 5. The molecule has 5 nitrogen and oxygen atoms in total. The summed E-state index contributed by atoms with van der Waals surface area (Å²) in [5.41, 5.74) is 3.52. The van der Waals surface area contributed by atoms with Crippen molar-refractivity contribution in [2.45, 2.75) is 6.10 Å². The van der Waals surface area contributed by atoms with Gasteiger partial charge in [0.15, 0.2) is 17.3 Å². The molecule has 0 radical (unpaired) electrons. The summed E-state index contributed by atoms with van der Waals surface area (Å²) < 4.78 is 0. The van der Waals surface area contributed by atoms with Crippen LogP contribution in [-0.2, 0) is 0 Å². The Morgan fingerprint density at radius 3 is 2.06 bits per heavy atom. The van der Waals surface area contributed by atoms with Crippen LogP contribution in [0.4, 0.5) is 0 Å². The van der Waals surface area contributed by atoms with Gasteiger partial charge in [-0.2, -0.15) is 0 Å². The fourth-order valence-corrected chi connectivity index (χ4v) is 4.28. The molecule has 0 bridgehead atoms. The summed E-state index contributed by atoms with van der Waals surface area (Å²) >= 11 is 0. The maximum Gasteiger partial charge on any atom is 0.197 e. The number of allylic oxidation sites excluding steroid dienone is 5. The van der Waals surface area contributed by atoms with Crippen LogP contribution in [0.2, 0.25) is 0 Å². The normalized spacial score (nSPS) is 19.8. The molecule has 0 saturated carbocycles. The van der Waals surface area contributed by atoms with Gasteiger partial charge in [-0.15, -0.1) is 0 Å². The van der Waals surface area contributed by atoms with Crippen LogP contribution >= 0.6 is 0 Å². The molecule has 1 N–H and O–H groups in total. The molecule has 0 aliphatic heterocycles. The molecule has 3 aromatic rings. The first-order chi connectivity index (χ1) is 16.1. The largest absolute Gasteiger partial charge is 0.387 e. The highest BCUT2D eigenvalue weighted by Gasteiger charge is 2.36. The third-order valence-corrected chi connectivity index (χ3v) is 6.02. The molecule has 160 valence electrons. The highest BCUT2D eigenvalue weighted by molar-refractivity contribution is 6.39. The molecule has 0 amide bonds. The number of carbonyl (C=O) groups excluding carboxylic acids is 3. The molecular formula is C28H19NO4. The highest BCUT2D eigenvalue weighted by Crippen LogP contribution is 2.37. The number of fused-ring (bicyclic) bond motifs is 2. The standard InChI is InChI=1S/C28H19NO4/c30-25-19-5-1-2-6-20(19)26(31)23(25)11-9-17(18-13-15-29-16-14-18)10-12-24-27(32)21-7-3-4-8-22(21)28(24)33/h1-16,23,25,30H/b11-9+,17-10-. The van der Waals surface area contributed by atoms with E-state index < -0.39 is 12.0 Å². The Bertz CT molecular complexity index is 1340. The molecule has 1 heterocycles. The number of carbonyl (C=O) groups is 3. The minimum atomic E-state index is -0.922. The predicted octanol–water partition coefficient (Wildman–Crippen LogP) is 4.57. The number of Topliss-reactive ketones (excluding diaryl/α,β-unsaturated/α-hetero) is 3. The Kier molecular flexibility index (Phi) is 5.24. The first kappa shape index (κ1) is 20.7. The third-order valence-electron chi connectivity index (χ3n) is 6.02. The second-order valence-electron chi connectivity index (χ2n) is 7.92. The van der Waals surface area contributed by atoms with E-state index in [-0.39, 0.29) is 22.9 Å². The van der Waals surface area contributed by atoms with Gasteiger partial charge in [0.25, 0.3) is 0 Å². The van der Waals surface area contributed by atoms with Gasteiger partial charge in [0, 0.05) is 29.1 Å². The van der Waals surface area contributed by atoms with E-state index >= 15 is 0 Å². The van der Waals surface area contributed by atoms with Crippen molar-refractivity contribution in [2.75, 3.05) is 0 Å². The van der Waals surface area contributed by atoms with Gasteiger partial charge in [0.05, 0.1) is 17.6 Å². The first-order valence-corrected chi connectivity index (χ1v) is 10.6. The lowest BCUT2D eigenvalue weighted by atomic mass is 9.98. The molecule has 5 heteroatoms. The zero-order chi connectivity index (χ0) is 22.9. The molecule has 1 aromatic heterocycles. The molecular weight excluding hydrogens is 414 g/mol. The molecule has 2 atom stereocenters. The van der Waals surface area contributed by atoms with Crippen molar-refractivity contribution in [3.63, 3.8) is 0 Å². The Morgan fingerprint density at radius 1 is 0.818 bits per heavy atom. The summed E-state index contributed by atoms with van der Waals surface area (Å²) in [6, 6.07) is 17.4. The van der Waals surface area contributed by atoms with Gasteiger partial charge in [-0.05, 0) is 34.9 Å². The molecule has 2 unspecified atom stereocenters. The van der Waals surface area contributed by atoms with E-state index in [0.717, 1.165) is 5.56 Å². The average Bonchev–Trinajstić information content (AvgIpc) is 3.25. The number of rotatable bonds is 4. The minimum Gasteiger partial charge on any atom is -0.387 e. The summed E-state index contributed by atoms with van der Waals surface area (Å²) in [6.45, 7) is 0. The smallest absolute Gasteiger partial charge is 0.197 e. The van der Waals surface area contributed by atoms with E-state index in [1.54, 1.807) is 91.3 Å². The van der Waals surface area contributed by atoms with Crippen molar-refractivity contribution in [2.24, 2.45) is 5.92 Å². The van der Waals surface area contributed by atoms with Crippen LogP contribution in [0.1, 0.15) is 48.3 Å². The minimum absolute atomic E-state index is 0.0977. The molecule has 0 saturated heterocycles. The summed E-state index contributed by atoms with van der Waals surface area (Å²) in [5, 5.41) is 10.7. The lowest BCUT2D eigenvalue weighted by Crippen LogP contribution is -2.10. The van der Waals surface area contributed by atoms with Crippen LogP contribution < -0.4 is 0 Å². The SMILES string of the molecule is O=C1C(=C/C=C(/C=C/C2C(=O)c3ccccc3C2O)c2ccncc2)C(=O)c2ccccc21. The second kappa shape index (κ2) is 8.37. The van der Waals surface area contributed by atoms with Gasteiger partial charge >= 0.3 is 0 Å². The van der Waals surface area contributed by atoms with Crippen LogP contribution in [-0.4, -0.2) is 27.4 Å². The van der Waals surface area contributed by atoms with E-state index in [4.69, 9.17) is 0 Å².